The molecule has 0 aliphatic carbocycles. The van der Waals surface area contributed by atoms with Crippen molar-refractivity contribution in [3.8, 4) is 0 Å². The Labute approximate surface area is 121 Å². The van der Waals surface area contributed by atoms with Gasteiger partial charge in [0, 0.05) is 16.8 Å². The van der Waals surface area contributed by atoms with E-state index in [0.29, 0.717) is 22.9 Å². The van der Waals surface area contributed by atoms with Crippen molar-refractivity contribution in [3.63, 3.8) is 0 Å². The van der Waals surface area contributed by atoms with Gasteiger partial charge in [-0.05, 0) is 47.9 Å². The number of hydrogen-bond acceptors (Lipinski definition) is 0. The fourth-order valence-electron chi connectivity index (χ4n) is 1.96. The molecule has 4 heteroatoms. The summed E-state index contributed by atoms with van der Waals surface area (Å²) in [6.45, 7) is 0. The molecule has 19 heavy (non-hydrogen) atoms. The van der Waals surface area contributed by atoms with Crippen LogP contribution in [-0.2, 0) is 6.42 Å². The van der Waals surface area contributed by atoms with Gasteiger partial charge in [0.15, 0.2) is 0 Å². The third-order valence-electron chi connectivity index (χ3n) is 3.00. The highest BCUT2D eigenvalue weighted by Crippen LogP contribution is 2.25. The highest BCUT2D eigenvalue weighted by atomic mass is 35.5. The van der Waals surface area contributed by atoms with E-state index >= 15 is 0 Å². The smallest absolute Gasteiger partial charge is 0.126 e. The van der Waals surface area contributed by atoms with E-state index in [1.165, 1.54) is 6.07 Å². The average molecular weight is 301 g/mol. The normalized spacial score (nSPS) is 12.4. The lowest BCUT2D eigenvalue weighted by atomic mass is 9.93. The molecule has 0 N–H and O–H groups in total. The summed E-state index contributed by atoms with van der Waals surface area (Å²) in [5, 5.41) is 0.633. The van der Waals surface area contributed by atoms with E-state index in [1.54, 1.807) is 12.1 Å². The summed E-state index contributed by atoms with van der Waals surface area (Å²) in [7, 11) is 0. The second kappa shape index (κ2) is 6.36. The second-order valence-corrected chi connectivity index (χ2v) is 5.09. The Morgan fingerprint density at radius 2 is 1.68 bits per heavy atom. The van der Waals surface area contributed by atoms with E-state index < -0.39 is 11.6 Å². The number of hydrogen-bond donors (Lipinski definition) is 0. The van der Waals surface area contributed by atoms with Gasteiger partial charge in [0.2, 0.25) is 0 Å². The topological polar surface area (TPSA) is 0 Å². The van der Waals surface area contributed by atoms with Gasteiger partial charge in [-0.3, -0.25) is 0 Å². The maximum atomic E-state index is 13.6. The highest BCUT2D eigenvalue weighted by molar-refractivity contribution is 6.30. The summed E-state index contributed by atoms with van der Waals surface area (Å²) in [4.78, 5) is 0. The third-order valence-corrected chi connectivity index (χ3v) is 3.63. The minimum absolute atomic E-state index is 0.0739. The predicted octanol–water partition coefficient (Wildman–Crippen LogP) is 5.18. The van der Waals surface area contributed by atoms with Crippen LogP contribution in [0.5, 0.6) is 0 Å². The van der Waals surface area contributed by atoms with Crippen molar-refractivity contribution in [1.82, 2.24) is 0 Å². The zero-order chi connectivity index (χ0) is 13.8. The van der Waals surface area contributed by atoms with Crippen LogP contribution >= 0.6 is 23.2 Å². The molecule has 1 unspecified atom stereocenters. The lowest BCUT2D eigenvalue weighted by Gasteiger charge is -2.15. The molecule has 0 aromatic heterocycles. The molecule has 1 atom stereocenters. The zero-order valence-electron chi connectivity index (χ0n) is 10.0. The van der Waals surface area contributed by atoms with E-state index in [0.717, 1.165) is 17.7 Å². The largest absolute Gasteiger partial charge is 0.207 e. The molecule has 0 aliphatic heterocycles. The zero-order valence-corrected chi connectivity index (χ0v) is 11.6. The first-order chi connectivity index (χ1) is 9.10. The van der Waals surface area contributed by atoms with E-state index in [2.05, 4.69) is 0 Å². The lowest BCUT2D eigenvalue weighted by Crippen LogP contribution is -2.06. The van der Waals surface area contributed by atoms with Gasteiger partial charge in [-0.1, -0.05) is 23.7 Å². The summed E-state index contributed by atoms with van der Waals surface area (Å²) in [6, 6.07) is 10.7. The van der Waals surface area contributed by atoms with Crippen LogP contribution in [0.3, 0.4) is 0 Å². The van der Waals surface area contributed by atoms with Gasteiger partial charge in [-0.25, -0.2) is 8.78 Å². The van der Waals surface area contributed by atoms with Crippen molar-refractivity contribution in [3.05, 3.63) is 70.2 Å². The number of halogens is 4. The Morgan fingerprint density at radius 3 is 2.32 bits per heavy atom. The van der Waals surface area contributed by atoms with Crippen molar-refractivity contribution in [2.45, 2.75) is 12.3 Å². The monoisotopic (exact) mass is 300 g/mol. The van der Waals surface area contributed by atoms with E-state index in [4.69, 9.17) is 23.2 Å². The Hall–Kier alpha value is -1.12. The van der Waals surface area contributed by atoms with Gasteiger partial charge in [0.05, 0.1) is 0 Å². The summed E-state index contributed by atoms with van der Waals surface area (Å²) in [6.07, 6.45) is 0.356. The molecule has 0 aliphatic rings. The molecule has 0 heterocycles. The molecule has 0 radical (unpaired) electrons. The molecule has 0 spiro atoms. The minimum atomic E-state index is -0.444. The Morgan fingerprint density at radius 1 is 1.00 bits per heavy atom. The molecule has 0 nitrogen and oxygen atoms in total. The number of alkyl halides is 1. The summed E-state index contributed by atoms with van der Waals surface area (Å²) >= 11 is 11.8. The lowest BCUT2D eigenvalue weighted by molar-refractivity contribution is 0.576. The van der Waals surface area contributed by atoms with Crippen LogP contribution in [0, 0.1) is 11.6 Å². The van der Waals surface area contributed by atoms with Crippen molar-refractivity contribution in [2.75, 3.05) is 5.88 Å². The molecule has 2 aromatic rings. The first-order valence-corrected chi connectivity index (χ1v) is 6.76. The second-order valence-electron chi connectivity index (χ2n) is 4.34. The quantitative estimate of drug-likeness (QED) is 0.682. The van der Waals surface area contributed by atoms with Crippen LogP contribution in [0.25, 0.3) is 0 Å². The Kier molecular flexibility index (Phi) is 4.78. The molecular formula is C15H12Cl2F2. The fourth-order valence-corrected chi connectivity index (χ4v) is 2.37. The summed E-state index contributed by atoms with van der Waals surface area (Å²) in [5.74, 6) is -0.598. The fraction of sp³-hybridized carbons (Fsp3) is 0.200. The number of benzene rings is 2. The predicted molar refractivity (Wildman–Crippen MR) is 75.0 cm³/mol. The molecular weight excluding hydrogens is 289 g/mol. The van der Waals surface area contributed by atoms with Crippen LogP contribution in [0.15, 0.2) is 42.5 Å². The molecule has 0 saturated heterocycles. The van der Waals surface area contributed by atoms with Gasteiger partial charge in [-0.15, -0.1) is 11.6 Å². The van der Waals surface area contributed by atoms with Gasteiger partial charge in [-0.2, -0.15) is 0 Å². The van der Waals surface area contributed by atoms with Crippen LogP contribution in [-0.4, -0.2) is 5.88 Å². The molecule has 100 valence electrons. The first kappa shape index (κ1) is 14.3. The van der Waals surface area contributed by atoms with E-state index in [-0.39, 0.29) is 5.92 Å². The van der Waals surface area contributed by atoms with Gasteiger partial charge in [0.1, 0.15) is 11.6 Å². The SMILES string of the molecule is Fc1ccc(F)c(CC(CCl)c2ccc(Cl)cc2)c1. The van der Waals surface area contributed by atoms with E-state index in [9.17, 15) is 8.78 Å². The molecule has 0 amide bonds. The average Bonchev–Trinajstić information content (AvgIpc) is 2.41. The van der Waals surface area contributed by atoms with Crippen molar-refractivity contribution < 1.29 is 8.78 Å². The van der Waals surface area contributed by atoms with Gasteiger partial charge >= 0.3 is 0 Å². The maximum Gasteiger partial charge on any atom is 0.126 e. The first-order valence-electron chi connectivity index (χ1n) is 5.85. The minimum Gasteiger partial charge on any atom is -0.207 e. The Bertz CT molecular complexity index is 553. The van der Waals surface area contributed by atoms with Gasteiger partial charge < -0.3 is 0 Å². The summed E-state index contributed by atoms with van der Waals surface area (Å²) < 4.78 is 26.8. The maximum absolute atomic E-state index is 13.6. The number of rotatable bonds is 4. The molecule has 2 rings (SSSR count). The standard InChI is InChI=1S/C15H12Cl2F2/c16-9-12(10-1-3-13(17)4-2-10)7-11-8-14(18)5-6-15(11)19/h1-6,8,12H,7,9H2. The van der Waals surface area contributed by atoms with Crippen LogP contribution < -0.4 is 0 Å². The summed E-state index contributed by atoms with van der Waals surface area (Å²) in [5.41, 5.74) is 1.30. The van der Waals surface area contributed by atoms with Crippen molar-refractivity contribution >= 4 is 23.2 Å². The molecule has 0 saturated carbocycles. The molecule has 0 bridgehead atoms. The van der Waals surface area contributed by atoms with Crippen molar-refractivity contribution in [1.29, 1.82) is 0 Å². The molecule has 0 fully saturated rings. The van der Waals surface area contributed by atoms with Crippen molar-refractivity contribution in [2.24, 2.45) is 0 Å². The van der Waals surface area contributed by atoms with E-state index in [1.807, 2.05) is 12.1 Å². The van der Waals surface area contributed by atoms with Gasteiger partial charge in [0.25, 0.3) is 0 Å². The van der Waals surface area contributed by atoms with Crippen LogP contribution in [0.1, 0.15) is 17.0 Å². The Balaban J connectivity index is 2.23. The van der Waals surface area contributed by atoms with Crippen LogP contribution in [0.4, 0.5) is 8.78 Å². The highest BCUT2D eigenvalue weighted by Gasteiger charge is 2.14. The van der Waals surface area contributed by atoms with Crippen LogP contribution in [0.2, 0.25) is 5.02 Å². The molecule has 2 aromatic carbocycles. The third kappa shape index (κ3) is 3.68.